The lowest BCUT2D eigenvalue weighted by atomic mass is 9.78. The maximum absolute atomic E-state index is 12.2. The van der Waals surface area contributed by atoms with E-state index in [4.69, 9.17) is 4.74 Å². The van der Waals surface area contributed by atoms with Crippen LogP contribution in [0, 0.1) is 5.92 Å². The average Bonchev–Trinajstić information content (AvgIpc) is 3.07. The number of carbonyl (C=O) groups excluding carboxylic acids is 1. The Bertz CT molecular complexity index is 909. The van der Waals surface area contributed by atoms with Crippen molar-refractivity contribution in [2.24, 2.45) is 5.92 Å². The second-order valence-electron chi connectivity index (χ2n) is 7.03. The molecule has 136 valence electrons. The van der Waals surface area contributed by atoms with E-state index in [2.05, 4.69) is 34.2 Å². The zero-order valence-electron chi connectivity index (χ0n) is 15.2. The molecule has 3 heterocycles. The Kier molecular flexibility index (Phi) is 4.32. The van der Waals surface area contributed by atoms with Crippen LogP contribution in [0.25, 0.3) is 10.9 Å². The van der Waals surface area contributed by atoms with Gasteiger partial charge in [0.25, 0.3) is 0 Å². The highest BCUT2D eigenvalue weighted by Crippen LogP contribution is 2.44. The van der Waals surface area contributed by atoms with Crippen LogP contribution in [0.5, 0.6) is 0 Å². The van der Waals surface area contributed by atoms with Crippen molar-refractivity contribution in [1.82, 2.24) is 9.88 Å². The van der Waals surface area contributed by atoms with Crippen molar-refractivity contribution in [2.75, 3.05) is 20.2 Å². The average molecular weight is 352 g/mol. The number of aliphatic hydroxyl groups is 1. The molecule has 1 saturated heterocycles. The number of para-hydroxylation sites is 1. The fourth-order valence-electron chi connectivity index (χ4n) is 4.57. The molecule has 5 heteroatoms. The van der Waals surface area contributed by atoms with E-state index in [9.17, 15) is 9.90 Å². The Balaban J connectivity index is 1.75. The number of aromatic nitrogens is 1. The molecule has 1 fully saturated rings. The second-order valence-corrected chi connectivity index (χ2v) is 7.03. The first kappa shape index (κ1) is 16.9. The number of piperidine rings is 1. The van der Waals surface area contributed by atoms with Crippen molar-refractivity contribution in [3.8, 4) is 0 Å². The third-order valence-electron chi connectivity index (χ3n) is 5.87. The van der Waals surface area contributed by atoms with Crippen molar-refractivity contribution in [1.29, 1.82) is 0 Å². The summed E-state index contributed by atoms with van der Waals surface area (Å²) in [5.41, 5.74) is 5.30. The predicted molar refractivity (Wildman–Crippen MR) is 101 cm³/mol. The van der Waals surface area contributed by atoms with Crippen molar-refractivity contribution in [2.45, 2.75) is 25.8 Å². The van der Waals surface area contributed by atoms with Gasteiger partial charge in [0.2, 0.25) is 0 Å². The van der Waals surface area contributed by atoms with Crippen molar-refractivity contribution in [3.63, 3.8) is 0 Å². The van der Waals surface area contributed by atoms with Gasteiger partial charge in [-0.15, -0.1) is 0 Å². The number of rotatable bonds is 2. The number of H-pyrrole nitrogens is 1. The number of nitrogens with zero attached hydrogens (tertiary/aromatic N) is 1. The standard InChI is InChI=1S/C21H24N2O3/c1-3-13-11-23-9-8-15-14-6-4-5-7-18(14)22-20(15)19(23)10-16(13)17(12-24)21(25)26-2/h3-7,12,16,19,22,24H,8-11H2,1-2H3/b13-3+,17-12-. The molecule has 2 aliphatic rings. The fraction of sp³-hybridized carbons (Fsp3) is 0.381. The van der Waals surface area contributed by atoms with E-state index in [-0.39, 0.29) is 12.0 Å². The van der Waals surface area contributed by atoms with Gasteiger partial charge in [-0.2, -0.15) is 0 Å². The van der Waals surface area contributed by atoms with Crippen molar-refractivity contribution < 1.29 is 14.6 Å². The highest BCUT2D eigenvalue weighted by molar-refractivity contribution is 5.89. The maximum Gasteiger partial charge on any atom is 0.337 e. The number of esters is 1. The lowest BCUT2D eigenvalue weighted by molar-refractivity contribution is -0.136. The van der Waals surface area contributed by atoms with Gasteiger partial charge in [0.15, 0.2) is 0 Å². The van der Waals surface area contributed by atoms with Gasteiger partial charge < -0.3 is 14.8 Å². The Morgan fingerprint density at radius 2 is 2.19 bits per heavy atom. The Morgan fingerprint density at radius 3 is 2.92 bits per heavy atom. The van der Waals surface area contributed by atoms with Crippen LogP contribution in [0.1, 0.15) is 30.6 Å². The summed E-state index contributed by atoms with van der Waals surface area (Å²) in [4.78, 5) is 18.2. The zero-order chi connectivity index (χ0) is 18.3. The normalized spacial score (nSPS) is 25.2. The quantitative estimate of drug-likeness (QED) is 0.375. The summed E-state index contributed by atoms with van der Waals surface area (Å²) < 4.78 is 4.89. The molecular weight excluding hydrogens is 328 g/mol. The molecule has 2 aliphatic heterocycles. The highest BCUT2D eigenvalue weighted by Gasteiger charge is 2.40. The van der Waals surface area contributed by atoms with E-state index in [1.54, 1.807) is 0 Å². The van der Waals surface area contributed by atoms with Crippen LogP contribution >= 0.6 is 0 Å². The largest absolute Gasteiger partial charge is 0.515 e. The summed E-state index contributed by atoms with van der Waals surface area (Å²) >= 11 is 0. The van der Waals surface area contributed by atoms with E-state index in [0.717, 1.165) is 37.8 Å². The van der Waals surface area contributed by atoms with Crippen LogP contribution in [0.3, 0.4) is 0 Å². The first-order chi connectivity index (χ1) is 12.7. The van der Waals surface area contributed by atoms with Gasteiger partial charge in [-0.3, -0.25) is 4.90 Å². The molecule has 0 radical (unpaired) electrons. The number of benzene rings is 1. The van der Waals surface area contributed by atoms with Crippen LogP contribution in [0.4, 0.5) is 0 Å². The fourth-order valence-corrected chi connectivity index (χ4v) is 4.57. The van der Waals surface area contributed by atoms with Crippen LogP contribution in [0.15, 0.2) is 47.7 Å². The molecule has 2 unspecified atom stereocenters. The lowest BCUT2D eigenvalue weighted by Crippen LogP contribution is -2.43. The molecule has 0 amide bonds. The van der Waals surface area contributed by atoms with Gasteiger partial charge in [0.05, 0.1) is 25.0 Å². The molecule has 1 aromatic heterocycles. The van der Waals surface area contributed by atoms with Gasteiger partial charge in [0, 0.05) is 35.6 Å². The number of methoxy groups -OCH3 is 1. The van der Waals surface area contributed by atoms with Crippen molar-refractivity contribution in [3.05, 3.63) is 59.0 Å². The minimum absolute atomic E-state index is 0.129. The first-order valence-electron chi connectivity index (χ1n) is 9.09. The molecule has 0 aliphatic carbocycles. The monoisotopic (exact) mass is 352 g/mol. The van der Waals surface area contributed by atoms with Crippen LogP contribution in [-0.4, -0.2) is 41.2 Å². The molecule has 0 spiro atoms. The molecule has 0 bridgehead atoms. The predicted octanol–water partition coefficient (Wildman–Crippen LogP) is 3.65. The summed E-state index contributed by atoms with van der Waals surface area (Å²) in [5.74, 6) is -0.589. The number of hydrogen-bond donors (Lipinski definition) is 2. The van der Waals surface area contributed by atoms with Crippen LogP contribution < -0.4 is 0 Å². The van der Waals surface area contributed by atoms with Crippen molar-refractivity contribution >= 4 is 16.9 Å². The van der Waals surface area contributed by atoms with E-state index >= 15 is 0 Å². The lowest BCUT2D eigenvalue weighted by Gasteiger charge is -2.43. The molecule has 2 atom stereocenters. The molecule has 4 rings (SSSR count). The number of allylic oxidation sites excluding steroid dienone is 1. The number of nitrogens with one attached hydrogen (secondary N) is 1. The first-order valence-corrected chi connectivity index (χ1v) is 9.09. The summed E-state index contributed by atoms with van der Waals surface area (Å²) in [6, 6.07) is 8.62. The minimum atomic E-state index is -0.460. The van der Waals surface area contributed by atoms with Gasteiger partial charge >= 0.3 is 5.97 Å². The molecule has 1 aromatic carbocycles. The van der Waals surface area contributed by atoms with E-state index in [0.29, 0.717) is 5.57 Å². The van der Waals surface area contributed by atoms with Gasteiger partial charge in [0.1, 0.15) is 0 Å². The van der Waals surface area contributed by atoms with Gasteiger partial charge in [-0.1, -0.05) is 29.8 Å². The number of aliphatic hydroxyl groups excluding tert-OH is 1. The number of carbonyl (C=O) groups is 1. The molecule has 0 saturated carbocycles. The van der Waals surface area contributed by atoms with Crippen LogP contribution in [0.2, 0.25) is 0 Å². The van der Waals surface area contributed by atoms with Crippen LogP contribution in [-0.2, 0) is 16.0 Å². The van der Waals surface area contributed by atoms with E-state index in [1.807, 2.05) is 13.0 Å². The number of aromatic amines is 1. The third-order valence-corrected chi connectivity index (χ3v) is 5.87. The number of ether oxygens (including phenoxy) is 1. The van der Waals surface area contributed by atoms with E-state index in [1.165, 1.54) is 29.3 Å². The molecule has 2 N–H and O–H groups in total. The number of hydrogen-bond acceptors (Lipinski definition) is 4. The van der Waals surface area contributed by atoms with Gasteiger partial charge in [-0.25, -0.2) is 4.79 Å². The Labute approximate surface area is 153 Å². The number of fused-ring (bicyclic) bond motifs is 5. The summed E-state index contributed by atoms with van der Waals surface area (Å²) in [6.07, 6.45) is 4.76. The molecule has 2 aromatic rings. The Hall–Kier alpha value is -2.53. The molecule has 26 heavy (non-hydrogen) atoms. The second kappa shape index (κ2) is 6.65. The molecular formula is C21H24N2O3. The smallest absolute Gasteiger partial charge is 0.337 e. The summed E-state index contributed by atoms with van der Waals surface area (Å²) in [6.45, 7) is 3.79. The van der Waals surface area contributed by atoms with E-state index < -0.39 is 5.97 Å². The summed E-state index contributed by atoms with van der Waals surface area (Å²) in [7, 11) is 1.35. The van der Waals surface area contributed by atoms with Gasteiger partial charge in [-0.05, 0) is 31.4 Å². The summed E-state index contributed by atoms with van der Waals surface area (Å²) in [5, 5.41) is 11.0. The topological polar surface area (TPSA) is 65.6 Å². The highest BCUT2D eigenvalue weighted by atomic mass is 16.5. The maximum atomic E-state index is 12.2. The minimum Gasteiger partial charge on any atom is -0.515 e. The zero-order valence-corrected chi connectivity index (χ0v) is 15.2. The Morgan fingerprint density at radius 1 is 1.38 bits per heavy atom. The third kappa shape index (κ3) is 2.54. The SMILES string of the molecule is C/C=C1\CN2CCc3c([nH]c4ccccc34)C2CC1/C(=C/O)C(=O)OC. The molecule has 5 nitrogen and oxygen atoms in total.